The molecule has 32 heavy (non-hydrogen) atoms. The Morgan fingerprint density at radius 1 is 1.03 bits per heavy atom. The van der Waals surface area contributed by atoms with E-state index >= 15 is 0 Å². The van der Waals surface area contributed by atoms with Crippen LogP contribution in [-0.4, -0.2) is 35.4 Å². The monoisotopic (exact) mass is 436 g/mol. The Labute approximate surface area is 192 Å². The number of rotatable bonds is 8. The first kappa shape index (κ1) is 23.8. The molecule has 3 rings (SSSR count). The normalized spacial score (nSPS) is 15.1. The number of carbonyl (C=O) groups excluding carboxylic acids is 2. The second-order valence-electron chi connectivity index (χ2n) is 9.09. The number of ether oxygens (including phenoxy) is 1. The van der Waals surface area contributed by atoms with Gasteiger partial charge < -0.3 is 15.0 Å². The van der Waals surface area contributed by atoms with E-state index < -0.39 is 6.04 Å². The van der Waals surface area contributed by atoms with Crippen LogP contribution in [0.15, 0.2) is 42.5 Å². The van der Waals surface area contributed by atoms with Crippen LogP contribution in [0.1, 0.15) is 61.3 Å². The van der Waals surface area contributed by atoms with Crippen molar-refractivity contribution in [3.05, 3.63) is 64.7 Å². The van der Waals surface area contributed by atoms with E-state index in [1.165, 1.54) is 6.42 Å². The summed E-state index contributed by atoms with van der Waals surface area (Å²) in [5.41, 5.74) is 4.19. The summed E-state index contributed by atoms with van der Waals surface area (Å²) in [5, 5.41) is 3.17. The van der Waals surface area contributed by atoms with Crippen LogP contribution in [0.5, 0.6) is 5.75 Å². The van der Waals surface area contributed by atoms with Crippen LogP contribution >= 0.6 is 0 Å². The van der Waals surface area contributed by atoms with Crippen LogP contribution in [0.2, 0.25) is 0 Å². The molecule has 0 aromatic heterocycles. The van der Waals surface area contributed by atoms with Crippen molar-refractivity contribution in [1.82, 2.24) is 10.2 Å². The molecule has 0 heterocycles. The van der Waals surface area contributed by atoms with Gasteiger partial charge in [-0.25, -0.2) is 0 Å². The number of carbonyl (C=O) groups is 2. The quantitative estimate of drug-likeness (QED) is 0.643. The van der Waals surface area contributed by atoms with Crippen molar-refractivity contribution in [3.8, 4) is 5.75 Å². The number of nitrogens with zero attached hydrogens (tertiary/aromatic N) is 1. The van der Waals surface area contributed by atoms with Crippen molar-refractivity contribution >= 4 is 11.8 Å². The van der Waals surface area contributed by atoms with Gasteiger partial charge in [-0.3, -0.25) is 9.59 Å². The first-order valence-electron chi connectivity index (χ1n) is 11.7. The van der Waals surface area contributed by atoms with Crippen LogP contribution in [0, 0.1) is 20.8 Å². The molecule has 2 aromatic rings. The second-order valence-corrected chi connectivity index (χ2v) is 9.09. The van der Waals surface area contributed by atoms with E-state index in [0.717, 1.165) is 47.9 Å². The number of hydrogen-bond acceptors (Lipinski definition) is 3. The summed E-state index contributed by atoms with van der Waals surface area (Å²) in [6, 6.07) is 13.6. The van der Waals surface area contributed by atoms with Gasteiger partial charge in [0.1, 0.15) is 11.8 Å². The lowest BCUT2D eigenvalue weighted by molar-refractivity contribution is -0.142. The average Bonchev–Trinajstić information content (AvgIpc) is 2.78. The van der Waals surface area contributed by atoms with E-state index in [4.69, 9.17) is 4.74 Å². The Hall–Kier alpha value is -2.82. The lowest BCUT2D eigenvalue weighted by Gasteiger charge is -2.31. The van der Waals surface area contributed by atoms with E-state index in [2.05, 4.69) is 11.4 Å². The number of amides is 2. The molecule has 0 unspecified atom stereocenters. The van der Waals surface area contributed by atoms with Gasteiger partial charge in [0.15, 0.2) is 6.61 Å². The van der Waals surface area contributed by atoms with Gasteiger partial charge in [-0.2, -0.15) is 0 Å². The lowest BCUT2D eigenvalue weighted by Crippen LogP contribution is -2.51. The van der Waals surface area contributed by atoms with Crippen LogP contribution in [-0.2, 0) is 16.1 Å². The highest BCUT2D eigenvalue weighted by Gasteiger charge is 2.28. The average molecular weight is 437 g/mol. The molecular formula is C27H36N2O3. The van der Waals surface area contributed by atoms with Crippen molar-refractivity contribution in [2.24, 2.45) is 0 Å². The van der Waals surface area contributed by atoms with Crippen LogP contribution < -0.4 is 10.1 Å². The Morgan fingerprint density at radius 3 is 2.47 bits per heavy atom. The third-order valence-corrected chi connectivity index (χ3v) is 6.25. The Bertz CT molecular complexity index is 934. The third kappa shape index (κ3) is 6.59. The Kier molecular flexibility index (Phi) is 8.32. The Balaban J connectivity index is 1.73. The van der Waals surface area contributed by atoms with Gasteiger partial charge in [0, 0.05) is 12.6 Å². The maximum absolute atomic E-state index is 13.3. The number of hydrogen-bond donors (Lipinski definition) is 1. The fourth-order valence-electron chi connectivity index (χ4n) is 4.24. The van der Waals surface area contributed by atoms with Gasteiger partial charge in [0.2, 0.25) is 5.91 Å². The second kappa shape index (κ2) is 11.2. The van der Waals surface area contributed by atoms with Crippen LogP contribution in [0.4, 0.5) is 0 Å². The first-order chi connectivity index (χ1) is 15.3. The van der Waals surface area contributed by atoms with Gasteiger partial charge in [-0.05, 0) is 63.3 Å². The van der Waals surface area contributed by atoms with Crippen LogP contribution in [0.25, 0.3) is 0 Å². The maximum Gasteiger partial charge on any atom is 0.261 e. The Morgan fingerprint density at radius 2 is 1.75 bits per heavy atom. The van der Waals surface area contributed by atoms with Gasteiger partial charge in [-0.1, -0.05) is 61.2 Å². The van der Waals surface area contributed by atoms with E-state index in [9.17, 15) is 9.59 Å². The summed E-state index contributed by atoms with van der Waals surface area (Å²) < 4.78 is 5.88. The lowest BCUT2D eigenvalue weighted by atomic mass is 9.95. The fraction of sp³-hybridized carbons (Fsp3) is 0.481. The highest BCUT2D eigenvalue weighted by Crippen LogP contribution is 2.21. The summed E-state index contributed by atoms with van der Waals surface area (Å²) in [7, 11) is 0. The van der Waals surface area contributed by atoms with Gasteiger partial charge in [0.25, 0.3) is 5.91 Å². The number of nitrogens with one attached hydrogen (secondary N) is 1. The predicted molar refractivity (Wildman–Crippen MR) is 128 cm³/mol. The molecule has 0 radical (unpaired) electrons. The topological polar surface area (TPSA) is 58.6 Å². The highest BCUT2D eigenvalue weighted by molar-refractivity contribution is 5.88. The molecule has 1 saturated carbocycles. The molecule has 0 spiro atoms. The zero-order valence-corrected chi connectivity index (χ0v) is 19.8. The summed E-state index contributed by atoms with van der Waals surface area (Å²) >= 11 is 0. The molecule has 5 heteroatoms. The number of aryl methyl sites for hydroxylation is 3. The minimum Gasteiger partial charge on any atom is -0.483 e. The van der Waals surface area contributed by atoms with Crippen molar-refractivity contribution < 1.29 is 14.3 Å². The van der Waals surface area contributed by atoms with Crippen molar-refractivity contribution in [2.45, 2.75) is 78.4 Å². The standard InChI is InChI=1S/C27H36N2O3/c1-19-9-8-10-23(15-19)17-29(22(4)27(31)28-24-11-6-5-7-12-24)26(30)18-32-25-16-20(2)13-14-21(25)3/h8-10,13-16,22,24H,5-7,11-12,17-18H2,1-4H3,(H,28,31)/t22-/m0/s1. The molecule has 1 aliphatic rings. The summed E-state index contributed by atoms with van der Waals surface area (Å²) in [6.07, 6.45) is 5.56. The van der Waals surface area contributed by atoms with Gasteiger partial charge >= 0.3 is 0 Å². The molecule has 1 fully saturated rings. The van der Waals surface area contributed by atoms with Gasteiger partial charge in [0.05, 0.1) is 0 Å². The smallest absolute Gasteiger partial charge is 0.261 e. The summed E-state index contributed by atoms with van der Waals surface area (Å²) in [5.74, 6) is 0.413. The van der Waals surface area contributed by atoms with Crippen LogP contribution in [0.3, 0.4) is 0 Å². The first-order valence-corrected chi connectivity index (χ1v) is 11.7. The zero-order chi connectivity index (χ0) is 23.1. The fourth-order valence-corrected chi connectivity index (χ4v) is 4.24. The van der Waals surface area contributed by atoms with Crippen molar-refractivity contribution in [1.29, 1.82) is 0 Å². The molecule has 0 bridgehead atoms. The largest absolute Gasteiger partial charge is 0.483 e. The minimum atomic E-state index is -0.577. The van der Waals surface area contributed by atoms with Crippen molar-refractivity contribution in [2.75, 3.05) is 6.61 Å². The maximum atomic E-state index is 13.3. The molecule has 172 valence electrons. The number of benzene rings is 2. The molecule has 0 aliphatic heterocycles. The predicted octanol–water partition coefficient (Wildman–Crippen LogP) is 4.86. The molecule has 0 saturated heterocycles. The third-order valence-electron chi connectivity index (χ3n) is 6.25. The van der Waals surface area contributed by atoms with E-state index in [-0.39, 0.29) is 24.5 Å². The molecule has 2 amide bonds. The SMILES string of the molecule is Cc1cccc(CN(C(=O)COc2cc(C)ccc2C)[C@@H](C)C(=O)NC2CCCCC2)c1. The summed E-state index contributed by atoms with van der Waals surface area (Å²) in [4.78, 5) is 27.9. The zero-order valence-electron chi connectivity index (χ0n) is 19.8. The molecule has 5 nitrogen and oxygen atoms in total. The molecule has 1 aliphatic carbocycles. The van der Waals surface area contributed by atoms with E-state index in [1.54, 1.807) is 4.90 Å². The van der Waals surface area contributed by atoms with E-state index in [0.29, 0.717) is 12.3 Å². The molecule has 2 aromatic carbocycles. The molecular weight excluding hydrogens is 400 g/mol. The van der Waals surface area contributed by atoms with E-state index in [1.807, 2.05) is 64.1 Å². The van der Waals surface area contributed by atoms with Crippen molar-refractivity contribution in [3.63, 3.8) is 0 Å². The highest BCUT2D eigenvalue weighted by atomic mass is 16.5. The minimum absolute atomic E-state index is 0.0929. The molecule has 1 N–H and O–H groups in total. The summed E-state index contributed by atoms with van der Waals surface area (Å²) in [6.45, 7) is 8.06. The van der Waals surface area contributed by atoms with Gasteiger partial charge in [-0.15, -0.1) is 0 Å². The molecule has 1 atom stereocenters.